The number of nitrogens with zero attached hydrogens (tertiary/aromatic N) is 1. The first-order valence-corrected chi connectivity index (χ1v) is 4.62. The molecule has 1 rings (SSSR count). The van der Waals surface area contributed by atoms with Crippen molar-refractivity contribution in [3.63, 3.8) is 0 Å². The summed E-state index contributed by atoms with van der Waals surface area (Å²) in [5.74, 6) is -0.278. The molecule has 1 aliphatic rings. The minimum Gasteiger partial charge on any atom is -0.616 e. The second-order valence-electron chi connectivity index (χ2n) is 3.08. The molecule has 0 aromatic heterocycles. The Balaban J connectivity index is 2.62. The topological polar surface area (TPSA) is 35.5 Å². The van der Waals surface area contributed by atoms with E-state index in [4.69, 9.17) is 0 Å². The highest BCUT2D eigenvalue weighted by atomic mass is 16.6. The summed E-state index contributed by atoms with van der Waals surface area (Å²) < 4.78 is 4.58. The summed E-state index contributed by atoms with van der Waals surface area (Å²) >= 11 is 0. The van der Waals surface area contributed by atoms with Gasteiger partial charge in [-0.15, -0.1) is 0 Å². The van der Waals surface area contributed by atoms with Crippen molar-refractivity contribution in [3.05, 3.63) is 23.8 Å². The Morgan fingerprint density at radius 3 is 2.46 bits per heavy atom. The molecule has 0 N–H and O–H groups in total. The first-order valence-electron chi connectivity index (χ1n) is 4.62. The molecule has 0 aliphatic carbocycles. The van der Waals surface area contributed by atoms with E-state index in [2.05, 4.69) is 9.64 Å². The van der Waals surface area contributed by atoms with Crippen LogP contribution in [0.3, 0.4) is 0 Å². The molecule has 0 saturated carbocycles. The Kier molecular flexibility index (Phi) is 3.68. The van der Waals surface area contributed by atoms with Crippen molar-refractivity contribution in [3.8, 4) is 0 Å². The highest BCUT2D eigenvalue weighted by molar-refractivity contribution is 5.17. The zero-order valence-corrected chi connectivity index (χ0v) is 8.25. The lowest BCUT2D eigenvalue weighted by Gasteiger charge is -2.20. The van der Waals surface area contributed by atoms with Crippen LogP contribution in [0.1, 0.15) is 19.8 Å². The van der Waals surface area contributed by atoms with Gasteiger partial charge in [-0.2, -0.15) is 0 Å². The fourth-order valence-corrected chi connectivity index (χ4v) is 1.51. The van der Waals surface area contributed by atoms with E-state index in [9.17, 15) is 5.11 Å². The molecule has 3 nitrogen and oxygen atoms in total. The average molecular weight is 182 g/mol. The Hall–Kier alpha value is -1.12. The summed E-state index contributed by atoms with van der Waals surface area (Å²) in [5.41, 5.74) is 0.976. The molecule has 1 fully saturated rings. The van der Waals surface area contributed by atoms with E-state index >= 15 is 0 Å². The van der Waals surface area contributed by atoms with Crippen molar-refractivity contribution in [1.29, 1.82) is 0 Å². The molecule has 0 spiro atoms. The molecular formula is C10H16NO2-. The number of hydrogen-bond acceptors (Lipinski definition) is 3. The van der Waals surface area contributed by atoms with E-state index in [1.165, 1.54) is 20.0 Å². The third kappa shape index (κ3) is 2.68. The molecule has 3 heteroatoms. The van der Waals surface area contributed by atoms with Gasteiger partial charge in [-0.3, -0.25) is 0 Å². The first kappa shape index (κ1) is 9.96. The van der Waals surface area contributed by atoms with E-state index < -0.39 is 0 Å². The summed E-state index contributed by atoms with van der Waals surface area (Å²) in [7, 11) is 1.40. The van der Waals surface area contributed by atoms with Crippen LogP contribution in [-0.2, 0) is 4.74 Å². The largest absolute Gasteiger partial charge is 0.616 e. The fraction of sp³-hybridized carbons (Fsp3) is 0.600. The lowest BCUT2D eigenvalue weighted by molar-refractivity contribution is -0.353. The van der Waals surface area contributed by atoms with Gasteiger partial charge in [0.2, 0.25) is 0 Å². The van der Waals surface area contributed by atoms with Crippen molar-refractivity contribution < 1.29 is 9.84 Å². The van der Waals surface area contributed by atoms with E-state index in [0.29, 0.717) is 0 Å². The zero-order valence-electron chi connectivity index (χ0n) is 8.25. The number of ether oxygens (including phenoxy) is 1. The fourth-order valence-electron chi connectivity index (χ4n) is 1.51. The van der Waals surface area contributed by atoms with Crippen molar-refractivity contribution in [2.45, 2.75) is 19.8 Å². The molecule has 0 aromatic rings. The SMILES string of the molecule is C/C=C(\C=C(/[O-])OC)N1CCCC1. The van der Waals surface area contributed by atoms with Crippen LogP contribution in [0.25, 0.3) is 0 Å². The molecule has 74 valence electrons. The van der Waals surface area contributed by atoms with Crippen LogP contribution in [0, 0.1) is 0 Å². The third-order valence-corrected chi connectivity index (χ3v) is 2.23. The molecule has 0 amide bonds. The number of hydrogen-bond donors (Lipinski definition) is 0. The van der Waals surface area contributed by atoms with Crippen LogP contribution in [-0.4, -0.2) is 25.1 Å². The van der Waals surface area contributed by atoms with E-state index in [1.807, 2.05) is 13.0 Å². The number of methoxy groups -OCH3 is 1. The minimum atomic E-state index is -0.278. The molecule has 13 heavy (non-hydrogen) atoms. The Bertz CT molecular complexity index is 215. The van der Waals surface area contributed by atoms with Gasteiger partial charge in [-0.1, -0.05) is 6.08 Å². The summed E-state index contributed by atoms with van der Waals surface area (Å²) in [5, 5.41) is 11.0. The second-order valence-corrected chi connectivity index (χ2v) is 3.08. The number of likely N-dealkylation sites (tertiary alicyclic amines) is 1. The van der Waals surface area contributed by atoms with Crippen LogP contribution in [0.4, 0.5) is 0 Å². The normalized spacial score (nSPS) is 19.4. The summed E-state index contributed by atoms with van der Waals surface area (Å²) in [6, 6.07) is 0. The zero-order chi connectivity index (χ0) is 9.68. The molecule has 0 bridgehead atoms. The maximum Gasteiger partial charge on any atom is 0.0530 e. The smallest absolute Gasteiger partial charge is 0.0530 e. The molecule has 1 aliphatic heterocycles. The summed E-state index contributed by atoms with van der Waals surface area (Å²) in [6.07, 6.45) is 5.92. The second kappa shape index (κ2) is 4.80. The molecule has 0 radical (unpaired) electrons. The predicted octanol–water partition coefficient (Wildman–Crippen LogP) is 0.834. The highest BCUT2D eigenvalue weighted by Gasteiger charge is 2.11. The molecular weight excluding hydrogens is 166 g/mol. The average Bonchev–Trinajstić information content (AvgIpc) is 2.66. The van der Waals surface area contributed by atoms with Gasteiger partial charge in [0.25, 0.3) is 0 Å². The van der Waals surface area contributed by atoms with E-state index in [1.54, 1.807) is 6.08 Å². The lowest BCUT2D eigenvalue weighted by atomic mass is 10.3. The van der Waals surface area contributed by atoms with Crippen molar-refractivity contribution in [1.82, 2.24) is 4.90 Å². The van der Waals surface area contributed by atoms with Gasteiger partial charge in [0.1, 0.15) is 0 Å². The van der Waals surface area contributed by atoms with Crippen molar-refractivity contribution in [2.24, 2.45) is 0 Å². The molecule has 0 aromatic carbocycles. The quantitative estimate of drug-likeness (QED) is 0.479. The minimum absolute atomic E-state index is 0.278. The van der Waals surface area contributed by atoms with Crippen molar-refractivity contribution >= 4 is 0 Å². The van der Waals surface area contributed by atoms with E-state index in [-0.39, 0.29) is 5.95 Å². The molecule has 1 heterocycles. The maximum absolute atomic E-state index is 11.0. The van der Waals surface area contributed by atoms with Crippen LogP contribution < -0.4 is 5.11 Å². The molecule has 0 unspecified atom stereocenters. The van der Waals surface area contributed by atoms with Crippen LogP contribution in [0.5, 0.6) is 0 Å². The predicted molar refractivity (Wildman–Crippen MR) is 49.7 cm³/mol. The van der Waals surface area contributed by atoms with Crippen LogP contribution >= 0.6 is 0 Å². The van der Waals surface area contributed by atoms with Gasteiger partial charge >= 0.3 is 0 Å². The van der Waals surface area contributed by atoms with Gasteiger partial charge in [-0.25, -0.2) is 0 Å². The monoisotopic (exact) mass is 182 g/mol. The Morgan fingerprint density at radius 1 is 1.38 bits per heavy atom. The number of rotatable bonds is 3. The third-order valence-electron chi connectivity index (χ3n) is 2.23. The molecule has 0 atom stereocenters. The van der Waals surface area contributed by atoms with Crippen LogP contribution in [0.2, 0.25) is 0 Å². The van der Waals surface area contributed by atoms with Crippen LogP contribution in [0.15, 0.2) is 23.8 Å². The molecule has 1 saturated heterocycles. The number of allylic oxidation sites excluding steroid dienone is 2. The van der Waals surface area contributed by atoms with Gasteiger partial charge in [0, 0.05) is 18.8 Å². The summed E-state index contributed by atoms with van der Waals surface area (Å²) in [4.78, 5) is 2.21. The van der Waals surface area contributed by atoms with Crippen molar-refractivity contribution in [2.75, 3.05) is 20.2 Å². The van der Waals surface area contributed by atoms with Gasteiger partial charge in [-0.05, 0) is 33.0 Å². The highest BCUT2D eigenvalue weighted by Crippen LogP contribution is 2.15. The Labute approximate surface area is 79.3 Å². The van der Waals surface area contributed by atoms with E-state index in [0.717, 1.165) is 18.8 Å². The standard InChI is InChI=1S/C10H17NO2/c1-3-9(8-10(12)13-2)11-6-4-5-7-11/h3,8,12H,4-7H2,1-2H3/p-1/b9-3+,10-8+. The lowest BCUT2D eigenvalue weighted by Crippen LogP contribution is -2.19. The maximum atomic E-state index is 11.0. The van der Waals surface area contributed by atoms with Gasteiger partial charge < -0.3 is 14.7 Å². The van der Waals surface area contributed by atoms with Gasteiger partial charge in [0.05, 0.1) is 5.95 Å². The summed E-state index contributed by atoms with van der Waals surface area (Å²) in [6.45, 7) is 4.04. The van der Waals surface area contributed by atoms with Gasteiger partial charge in [0.15, 0.2) is 0 Å². The Morgan fingerprint density at radius 2 is 2.00 bits per heavy atom. The first-order chi connectivity index (χ1) is 6.27.